The Labute approximate surface area is 230 Å². The van der Waals surface area contributed by atoms with Crippen LogP contribution >= 0.6 is 0 Å². The van der Waals surface area contributed by atoms with Crippen LogP contribution in [0.1, 0.15) is 55.4 Å². The molecule has 0 radical (unpaired) electrons. The van der Waals surface area contributed by atoms with Crippen LogP contribution in [0.3, 0.4) is 0 Å². The van der Waals surface area contributed by atoms with Gasteiger partial charge in [-0.25, -0.2) is 4.79 Å². The fraction of sp³-hybridized carbons (Fsp3) is 0.957. The summed E-state index contributed by atoms with van der Waals surface area (Å²) in [5.41, 5.74) is 3.83. The van der Waals surface area contributed by atoms with Crippen molar-refractivity contribution in [1.29, 1.82) is 0 Å². The van der Waals surface area contributed by atoms with Crippen molar-refractivity contribution in [3.05, 3.63) is 0 Å². The van der Waals surface area contributed by atoms with Crippen molar-refractivity contribution in [3.63, 3.8) is 0 Å². The normalized spacial score (nSPS) is 40.0. The minimum Gasteiger partial charge on any atom is -0.870 e. The Kier molecular flexibility index (Phi) is 11.1. The Morgan fingerprint density at radius 2 is 1.14 bits per heavy atom. The van der Waals surface area contributed by atoms with Gasteiger partial charge in [-0.05, 0) is 55.4 Å². The molecule has 1 amide bonds. The van der Waals surface area contributed by atoms with Gasteiger partial charge >= 0.3 is 25.0 Å². The third-order valence-corrected chi connectivity index (χ3v) is 6.42. The van der Waals surface area contributed by atoms with E-state index in [0.717, 1.165) is 0 Å². The first-order valence-corrected chi connectivity index (χ1v) is 11.7. The van der Waals surface area contributed by atoms with Crippen LogP contribution < -0.4 is 24.6 Å². The average molecular weight is 532 g/mol. The number of hydrogen-bond donors (Lipinski definition) is 2. The summed E-state index contributed by atoms with van der Waals surface area (Å²) in [6, 6.07) is 0. The molecule has 0 aliphatic carbocycles. The first-order chi connectivity index (χ1) is 15.9. The summed E-state index contributed by atoms with van der Waals surface area (Å²) in [4.78, 5) is 11.1. The van der Waals surface area contributed by atoms with Crippen molar-refractivity contribution in [3.8, 4) is 0 Å². The molecule has 4 rings (SSSR count). The van der Waals surface area contributed by atoms with E-state index in [1.54, 1.807) is 34.8 Å². The van der Waals surface area contributed by atoms with Crippen molar-refractivity contribution in [2.24, 2.45) is 5.73 Å². The second-order valence-electron chi connectivity index (χ2n) is 11.1. The minimum atomic E-state index is -0.878. The van der Waals surface area contributed by atoms with Gasteiger partial charge in [-0.2, -0.15) is 0 Å². The summed E-state index contributed by atoms with van der Waals surface area (Å²) in [6.07, 6.45) is -5.46. The first kappa shape index (κ1) is 34.5. The maximum atomic E-state index is 11.1. The van der Waals surface area contributed by atoms with E-state index in [0.29, 0.717) is 0 Å². The van der Waals surface area contributed by atoms with Gasteiger partial charge in [0.1, 0.15) is 24.4 Å². The summed E-state index contributed by atoms with van der Waals surface area (Å²) < 4.78 is 50.1. The zero-order chi connectivity index (χ0) is 26.6. The molecule has 14 heteroatoms. The van der Waals surface area contributed by atoms with E-state index in [1.807, 2.05) is 27.7 Å². The SMILES string of the molecule is COC1C(O)C2OC(C)(C)OC2OC1(C)C.COC1C(OC(N)=O)C2OC(C)(C)OC2OC1(C)C.[Li+].[OH-]. The maximum absolute atomic E-state index is 11.1. The van der Waals surface area contributed by atoms with Crippen molar-refractivity contribution in [1.82, 2.24) is 0 Å². The summed E-state index contributed by atoms with van der Waals surface area (Å²) in [6.45, 7) is 14.6. The molecular formula is C23H42LiNO12. The third-order valence-electron chi connectivity index (χ3n) is 6.42. The number of primary amides is 1. The summed E-state index contributed by atoms with van der Waals surface area (Å²) >= 11 is 0. The molecule has 4 fully saturated rings. The van der Waals surface area contributed by atoms with Gasteiger partial charge in [0, 0.05) is 14.2 Å². The number of hydrogen-bond acceptors (Lipinski definition) is 12. The van der Waals surface area contributed by atoms with E-state index < -0.39 is 78.1 Å². The Bertz CT molecular complexity index is 779. The molecule has 8 atom stereocenters. The fourth-order valence-corrected chi connectivity index (χ4v) is 5.14. The molecule has 4 saturated heterocycles. The second-order valence-corrected chi connectivity index (χ2v) is 11.1. The van der Waals surface area contributed by atoms with Crippen LogP contribution in [0.2, 0.25) is 0 Å². The molecule has 0 aromatic rings. The van der Waals surface area contributed by atoms with E-state index in [-0.39, 0.29) is 24.3 Å². The number of fused-ring (bicyclic) bond motifs is 2. The quantitative estimate of drug-likeness (QED) is 0.392. The number of rotatable bonds is 3. The predicted molar refractivity (Wildman–Crippen MR) is 122 cm³/mol. The van der Waals surface area contributed by atoms with E-state index in [9.17, 15) is 9.90 Å². The molecular weight excluding hydrogens is 489 g/mol. The third kappa shape index (κ3) is 7.36. The standard InChI is InChI=1S/C12H21NO6.C11H20O5.Li.H2O/c1-11(2)8(15-5)6(16-10(13)14)7-9(18-11)19-12(3,4)17-7;1-10(2)8(13-5)6(12)7-9(15-10)16-11(3,4)14-7;;/h6-9H,1-5H3,(H2,13,14);6-9,12H,1-5H3;;1H2/q;;+1;/p-1. The van der Waals surface area contributed by atoms with Crippen LogP contribution in [0.25, 0.3) is 0 Å². The van der Waals surface area contributed by atoms with Gasteiger partial charge in [0.2, 0.25) is 0 Å². The van der Waals surface area contributed by atoms with E-state index in [2.05, 4.69) is 0 Å². The van der Waals surface area contributed by atoms with Crippen molar-refractivity contribution < 1.29 is 76.9 Å². The van der Waals surface area contributed by atoms with Gasteiger partial charge in [0.15, 0.2) is 36.4 Å². The molecule has 0 aromatic carbocycles. The Hall–Kier alpha value is -0.533. The topological polar surface area (TPSA) is 176 Å². The predicted octanol–water partition coefficient (Wildman–Crippen LogP) is -1.77. The number of carbonyl (C=O) groups excluding carboxylic acids is 1. The zero-order valence-corrected chi connectivity index (χ0v) is 23.7. The van der Waals surface area contributed by atoms with E-state index >= 15 is 0 Å². The number of methoxy groups -OCH3 is 2. The number of amides is 1. The molecule has 4 N–H and O–H groups in total. The molecule has 37 heavy (non-hydrogen) atoms. The monoisotopic (exact) mass is 531 g/mol. The van der Waals surface area contributed by atoms with Crippen molar-refractivity contribution >= 4 is 6.09 Å². The Morgan fingerprint density at radius 3 is 1.57 bits per heavy atom. The van der Waals surface area contributed by atoms with Gasteiger partial charge in [-0.1, -0.05) is 0 Å². The van der Waals surface area contributed by atoms with Crippen LogP contribution in [0, 0.1) is 0 Å². The van der Waals surface area contributed by atoms with Crippen molar-refractivity contribution in [2.45, 2.75) is 127 Å². The molecule has 0 spiro atoms. The van der Waals surface area contributed by atoms with Crippen LogP contribution in [0.15, 0.2) is 0 Å². The first-order valence-electron chi connectivity index (χ1n) is 11.7. The van der Waals surface area contributed by atoms with Crippen LogP contribution in [0.5, 0.6) is 0 Å². The van der Waals surface area contributed by atoms with Gasteiger partial charge in [0.25, 0.3) is 0 Å². The van der Waals surface area contributed by atoms with Gasteiger partial charge < -0.3 is 58.9 Å². The smallest absolute Gasteiger partial charge is 0.870 e. The van der Waals surface area contributed by atoms with Crippen LogP contribution in [0.4, 0.5) is 4.79 Å². The summed E-state index contributed by atoms with van der Waals surface area (Å²) in [5, 5.41) is 10.2. The number of aliphatic hydroxyl groups excluding tert-OH is 1. The van der Waals surface area contributed by atoms with Crippen LogP contribution in [-0.4, -0.2) is 103 Å². The number of nitrogens with two attached hydrogens (primary N) is 1. The maximum Gasteiger partial charge on any atom is 1.00 e. The molecule has 13 nitrogen and oxygen atoms in total. The fourth-order valence-electron chi connectivity index (χ4n) is 5.14. The summed E-state index contributed by atoms with van der Waals surface area (Å²) in [7, 11) is 3.08. The molecule has 212 valence electrons. The molecule has 0 saturated carbocycles. The van der Waals surface area contributed by atoms with Gasteiger partial charge in [-0.3, -0.25) is 0 Å². The average Bonchev–Trinajstić information content (AvgIpc) is 3.14. The van der Waals surface area contributed by atoms with Gasteiger partial charge in [0.05, 0.1) is 11.2 Å². The minimum absolute atomic E-state index is 0. The Morgan fingerprint density at radius 1 is 0.730 bits per heavy atom. The largest absolute Gasteiger partial charge is 1.00 e. The summed E-state index contributed by atoms with van der Waals surface area (Å²) in [5.74, 6) is -1.54. The number of carbonyl (C=O) groups is 1. The number of ether oxygens (including phenoxy) is 9. The molecule has 4 aliphatic heterocycles. The Balaban J connectivity index is 0.000000355. The molecule has 4 heterocycles. The number of aliphatic hydroxyl groups is 1. The zero-order valence-electron chi connectivity index (χ0n) is 23.7. The second kappa shape index (κ2) is 11.9. The molecule has 8 unspecified atom stereocenters. The van der Waals surface area contributed by atoms with E-state index in [4.69, 9.17) is 48.4 Å². The van der Waals surface area contributed by atoms with Gasteiger partial charge in [-0.15, -0.1) is 0 Å². The molecule has 0 aromatic heterocycles. The van der Waals surface area contributed by atoms with Crippen molar-refractivity contribution in [2.75, 3.05) is 14.2 Å². The molecule has 4 aliphatic rings. The van der Waals surface area contributed by atoms with E-state index in [1.165, 1.54) is 7.11 Å². The molecule has 0 bridgehead atoms. The van der Waals surface area contributed by atoms with Crippen LogP contribution in [-0.2, 0) is 42.6 Å².